The molecule has 1 N–H and O–H groups in total. The number of nitrogens with one attached hydrogen (secondary N) is 1. The van der Waals surface area contributed by atoms with Crippen LogP contribution in [0.5, 0.6) is 0 Å². The molecule has 0 aliphatic carbocycles. The summed E-state index contributed by atoms with van der Waals surface area (Å²) in [5.74, 6) is 0. The van der Waals surface area contributed by atoms with Gasteiger partial charge >= 0.3 is 0 Å². The molecule has 0 spiro atoms. The number of rotatable bonds is 6. The molecule has 0 atom stereocenters. The first-order valence-electron chi connectivity index (χ1n) is 7.70. The minimum atomic E-state index is 0.933. The lowest BCUT2D eigenvalue weighted by Crippen LogP contribution is -2.15. The number of benzene rings is 2. The predicted octanol–water partition coefficient (Wildman–Crippen LogP) is 3.84. The van der Waals surface area contributed by atoms with E-state index in [1.165, 1.54) is 22.0 Å². The van der Waals surface area contributed by atoms with Crippen LogP contribution >= 0.6 is 0 Å². The third kappa shape index (κ3) is 3.17. The SMILES string of the molecule is CCNCCc1cn(Cc2ccccc2)c2ccccc12. The number of aromatic nitrogens is 1. The standard InChI is InChI=1S/C19H22N2/c1-2-20-13-12-17-15-21(14-16-8-4-3-5-9-16)19-11-7-6-10-18(17)19/h3-11,15,20H,2,12-14H2,1H3. The van der Waals surface area contributed by atoms with Crippen LogP contribution in [0.2, 0.25) is 0 Å². The van der Waals surface area contributed by atoms with E-state index >= 15 is 0 Å². The second-order valence-electron chi connectivity index (χ2n) is 5.39. The van der Waals surface area contributed by atoms with Crippen molar-refractivity contribution >= 4 is 10.9 Å². The molecule has 0 saturated heterocycles. The van der Waals surface area contributed by atoms with Gasteiger partial charge in [0.25, 0.3) is 0 Å². The topological polar surface area (TPSA) is 17.0 Å². The van der Waals surface area contributed by atoms with Gasteiger partial charge in [-0.25, -0.2) is 0 Å². The van der Waals surface area contributed by atoms with E-state index in [0.717, 1.165) is 26.1 Å². The summed E-state index contributed by atoms with van der Waals surface area (Å²) in [5, 5.41) is 4.79. The zero-order chi connectivity index (χ0) is 14.5. The van der Waals surface area contributed by atoms with Crippen molar-refractivity contribution in [3.8, 4) is 0 Å². The number of fused-ring (bicyclic) bond motifs is 1. The van der Waals surface area contributed by atoms with Gasteiger partial charge in [-0.1, -0.05) is 55.5 Å². The van der Waals surface area contributed by atoms with Gasteiger partial charge in [-0.3, -0.25) is 0 Å². The Morgan fingerprint density at radius 3 is 2.52 bits per heavy atom. The van der Waals surface area contributed by atoms with Gasteiger partial charge in [0.2, 0.25) is 0 Å². The monoisotopic (exact) mass is 278 g/mol. The molecule has 0 fully saturated rings. The van der Waals surface area contributed by atoms with Gasteiger partial charge in [0.05, 0.1) is 0 Å². The van der Waals surface area contributed by atoms with Gasteiger partial charge in [-0.2, -0.15) is 0 Å². The van der Waals surface area contributed by atoms with E-state index in [-0.39, 0.29) is 0 Å². The van der Waals surface area contributed by atoms with E-state index in [9.17, 15) is 0 Å². The molecule has 1 aromatic heterocycles. The second-order valence-corrected chi connectivity index (χ2v) is 5.39. The number of nitrogens with zero attached hydrogens (tertiary/aromatic N) is 1. The van der Waals surface area contributed by atoms with Crippen molar-refractivity contribution in [2.75, 3.05) is 13.1 Å². The summed E-state index contributed by atoms with van der Waals surface area (Å²) in [6.45, 7) is 5.15. The Bertz CT molecular complexity index is 698. The molecule has 0 unspecified atom stereocenters. The Balaban J connectivity index is 1.91. The molecule has 0 saturated carbocycles. The van der Waals surface area contributed by atoms with Crippen LogP contribution in [0.3, 0.4) is 0 Å². The minimum Gasteiger partial charge on any atom is -0.343 e. The van der Waals surface area contributed by atoms with Crippen molar-refractivity contribution in [2.24, 2.45) is 0 Å². The Morgan fingerprint density at radius 2 is 1.71 bits per heavy atom. The van der Waals surface area contributed by atoms with Crippen LogP contribution in [0.15, 0.2) is 60.8 Å². The zero-order valence-electron chi connectivity index (χ0n) is 12.5. The molecule has 2 aromatic carbocycles. The molecule has 0 amide bonds. The van der Waals surface area contributed by atoms with Crippen LogP contribution in [-0.4, -0.2) is 17.7 Å². The van der Waals surface area contributed by atoms with E-state index in [1.807, 2.05) is 0 Å². The summed E-state index contributed by atoms with van der Waals surface area (Å²) in [4.78, 5) is 0. The molecule has 3 rings (SSSR count). The van der Waals surface area contributed by atoms with E-state index in [1.54, 1.807) is 0 Å². The molecular weight excluding hydrogens is 256 g/mol. The van der Waals surface area contributed by atoms with E-state index in [4.69, 9.17) is 0 Å². The highest BCUT2D eigenvalue weighted by Crippen LogP contribution is 2.22. The lowest BCUT2D eigenvalue weighted by atomic mass is 10.1. The Kier molecular flexibility index (Phi) is 4.37. The first-order valence-corrected chi connectivity index (χ1v) is 7.70. The smallest absolute Gasteiger partial charge is 0.0486 e. The molecule has 0 aliphatic rings. The van der Waals surface area contributed by atoms with Gasteiger partial charge in [0.15, 0.2) is 0 Å². The maximum Gasteiger partial charge on any atom is 0.0486 e. The van der Waals surface area contributed by atoms with Gasteiger partial charge in [-0.15, -0.1) is 0 Å². The Labute approximate surface area is 126 Å². The van der Waals surface area contributed by atoms with Gasteiger partial charge < -0.3 is 9.88 Å². The lowest BCUT2D eigenvalue weighted by Gasteiger charge is -2.05. The van der Waals surface area contributed by atoms with E-state index in [2.05, 4.69) is 77.6 Å². The van der Waals surface area contributed by atoms with Crippen LogP contribution in [-0.2, 0) is 13.0 Å². The van der Waals surface area contributed by atoms with Gasteiger partial charge in [0, 0.05) is 23.6 Å². The van der Waals surface area contributed by atoms with Crippen LogP contribution < -0.4 is 5.32 Å². The first-order chi connectivity index (χ1) is 10.4. The highest BCUT2D eigenvalue weighted by molar-refractivity contribution is 5.84. The molecule has 0 bridgehead atoms. The maximum absolute atomic E-state index is 3.41. The normalized spacial score (nSPS) is 11.1. The fraction of sp³-hybridized carbons (Fsp3) is 0.263. The fourth-order valence-corrected chi connectivity index (χ4v) is 2.83. The number of hydrogen-bond acceptors (Lipinski definition) is 1. The zero-order valence-corrected chi connectivity index (χ0v) is 12.5. The van der Waals surface area contributed by atoms with Gasteiger partial charge in [-0.05, 0) is 36.7 Å². The minimum absolute atomic E-state index is 0.933. The first kappa shape index (κ1) is 13.9. The highest BCUT2D eigenvalue weighted by atomic mass is 15.0. The molecule has 3 aromatic rings. The Morgan fingerprint density at radius 1 is 0.952 bits per heavy atom. The maximum atomic E-state index is 3.41. The average Bonchev–Trinajstić information content (AvgIpc) is 2.87. The van der Waals surface area contributed by atoms with Crippen LogP contribution in [0.25, 0.3) is 10.9 Å². The molecule has 2 heteroatoms. The molecule has 0 aliphatic heterocycles. The van der Waals surface area contributed by atoms with Gasteiger partial charge in [0.1, 0.15) is 0 Å². The summed E-state index contributed by atoms with van der Waals surface area (Å²) >= 11 is 0. The second kappa shape index (κ2) is 6.59. The quantitative estimate of drug-likeness (QED) is 0.678. The highest BCUT2D eigenvalue weighted by Gasteiger charge is 2.07. The third-order valence-corrected chi connectivity index (χ3v) is 3.89. The number of hydrogen-bond donors (Lipinski definition) is 1. The average molecular weight is 278 g/mol. The molecule has 108 valence electrons. The largest absolute Gasteiger partial charge is 0.343 e. The molecule has 21 heavy (non-hydrogen) atoms. The van der Waals surface area contributed by atoms with Crippen molar-refractivity contribution in [1.82, 2.24) is 9.88 Å². The van der Waals surface area contributed by atoms with Crippen molar-refractivity contribution in [3.63, 3.8) is 0 Å². The third-order valence-electron chi connectivity index (χ3n) is 3.89. The lowest BCUT2D eigenvalue weighted by molar-refractivity contribution is 0.715. The number of likely N-dealkylation sites (N-methyl/N-ethyl adjacent to an activating group) is 1. The summed E-state index contributed by atoms with van der Waals surface area (Å²) in [6, 6.07) is 19.4. The van der Waals surface area contributed by atoms with Crippen LogP contribution in [0.1, 0.15) is 18.1 Å². The summed E-state index contributed by atoms with van der Waals surface area (Å²) in [6.07, 6.45) is 3.39. The van der Waals surface area contributed by atoms with Crippen molar-refractivity contribution in [3.05, 3.63) is 71.9 Å². The van der Waals surface area contributed by atoms with Crippen LogP contribution in [0, 0.1) is 0 Å². The molecule has 1 heterocycles. The summed E-state index contributed by atoms with van der Waals surface area (Å²) in [5.41, 5.74) is 4.10. The molecule has 2 nitrogen and oxygen atoms in total. The summed E-state index contributed by atoms with van der Waals surface area (Å²) in [7, 11) is 0. The van der Waals surface area contributed by atoms with E-state index < -0.39 is 0 Å². The van der Waals surface area contributed by atoms with Crippen molar-refractivity contribution < 1.29 is 0 Å². The molecular formula is C19H22N2. The summed E-state index contributed by atoms with van der Waals surface area (Å²) < 4.78 is 2.37. The number of para-hydroxylation sites is 1. The van der Waals surface area contributed by atoms with Crippen LogP contribution in [0.4, 0.5) is 0 Å². The molecule has 0 radical (unpaired) electrons. The predicted molar refractivity (Wildman–Crippen MR) is 89.7 cm³/mol. The Hall–Kier alpha value is -2.06. The van der Waals surface area contributed by atoms with Crippen molar-refractivity contribution in [1.29, 1.82) is 0 Å². The van der Waals surface area contributed by atoms with E-state index in [0.29, 0.717) is 0 Å². The fourth-order valence-electron chi connectivity index (χ4n) is 2.83. The van der Waals surface area contributed by atoms with Crippen molar-refractivity contribution in [2.45, 2.75) is 19.9 Å².